The third-order valence-corrected chi connectivity index (χ3v) is 21.4. The van der Waals surface area contributed by atoms with Crippen molar-refractivity contribution in [2.45, 2.75) is 242 Å². The summed E-state index contributed by atoms with van der Waals surface area (Å²) in [7, 11) is 0. The molecule has 9 rings (SSSR count). The molecule has 23 nitrogen and oxygen atoms in total. The Morgan fingerprint density at radius 1 is 0.545 bits per heavy atom. The second kappa shape index (κ2) is 21.8. The molecule has 28 atom stereocenters. The molecule has 0 aromatic carbocycles. The molecule has 4 aliphatic heterocycles. The molecule has 23 heteroatoms. The Hall–Kier alpha value is -1.63. The van der Waals surface area contributed by atoms with E-state index in [9.17, 15) is 71.5 Å². The van der Waals surface area contributed by atoms with Crippen LogP contribution in [0.1, 0.15) is 113 Å². The zero-order valence-corrected chi connectivity index (χ0v) is 45.3. The molecule has 5 aliphatic carbocycles. The second-order valence-corrected chi connectivity index (χ2v) is 26.3. The van der Waals surface area contributed by atoms with E-state index in [0.717, 1.165) is 32.1 Å². The minimum Gasteiger partial charge on any atom is -0.432 e. The first-order valence-corrected chi connectivity index (χ1v) is 27.8. The van der Waals surface area contributed by atoms with Gasteiger partial charge in [-0.3, -0.25) is 4.79 Å². The highest BCUT2D eigenvalue weighted by Crippen LogP contribution is 2.76. The minimum absolute atomic E-state index is 0.108. The summed E-state index contributed by atoms with van der Waals surface area (Å²) < 4.78 is 47.7. The lowest BCUT2D eigenvalue weighted by atomic mass is 9.33. The number of hydrogen-bond donors (Lipinski definition) is 14. The standard InChI is InChI=1S/C54H88O23/c1-49(2)14-16-54(48(69)77-46-42(68)38(64)35(61)28(74-46)22-70-44-40(66)36(62)32(58)25(19-55)71-44)17-15-52(6)23(24(54)18-49)8-9-30-51(5)12-11-31(50(3,4)29(51)10-13-53(30,52)7)75-47-43(39(65)34(60)27(21-57)73-47)76-45-41(67)37(63)33(59)26(20-56)72-45/h8,24-47,55-68H,9-22H2,1-7H3/t24?,25-,26+,27-,28-,29?,30?,31+,32-,33+,34-,35-,36+,37-,38+,39+,40-,41+,42-,43-,44?,45?,46+,47?,51+,52-,53-,54+/m1/s1. The first-order valence-electron chi connectivity index (χ1n) is 27.8. The topological polar surface area (TPSA) is 374 Å². The van der Waals surface area contributed by atoms with Crippen LogP contribution in [0.15, 0.2) is 11.6 Å². The summed E-state index contributed by atoms with van der Waals surface area (Å²) in [4.78, 5) is 15.1. The second-order valence-electron chi connectivity index (χ2n) is 26.3. The van der Waals surface area contributed by atoms with Crippen LogP contribution in [0.5, 0.6) is 0 Å². The van der Waals surface area contributed by atoms with Crippen molar-refractivity contribution in [3.8, 4) is 0 Å². The Labute approximate surface area is 449 Å². The van der Waals surface area contributed by atoms with Gasteiger partial charge in [-0.15, -0.1) is 0 Å². The lowest BCUT2D eigenvalue weighted by molar-refractivity contribution is -0.378. The molecule has 4 saturated heterocycles. The zero-order chi connectivity index (χ0) is 56.3. The molecule has 9 aliphatic rings. The van der Waals surface area contributed by atoms with Crippen molar-refractivity contribution < 1.29 is 114 Å². The molecule has 4 heterocycles. The molecule has 0 spiro atoms. The number of ether oxygens (including phenoxy) is 8. The van der Waals surface area contributed by atoms with Crippen LogP contribution in [0, 0.1) is 50.2 Å². The number of fused-ring (bicyclic) bond motifs is 7. The van der Waals surface area contributed by atoms with Crippen molar-refractivity contribution in [2.24, 2.45) is 50.2 Å². The number of allylic oxidation sites excluding steroid dienone is 2. The zero-order valence-electron chi connectivity index (χ0n) is 45.3. The molecule has 0 aromatic rings. The average molecular weight is 1110 g/mol. The minimum atomic E-state index is -1.84. The van der Waals surface area contributed by atoms with Gasteiger partial charge in [-0.25, -0.2) is 0 Å². The van der Waals surface area contributed by atoms with E-state index in [1.165, 1.54) is 5.57 Å². The van der Waals surface area contributed by atoms with Gasteiger partial charge in [0, 0.05) is 0 Å². The summed E-state index contributed by atoms with van der Waals surface area (Å²) in [5.41, 5.74) is -1.25. The van der Waals surface area contributed by atoms with Crippen LogP contribution >= 0.6 is 0 Å². The van der Waals surface area contributed by atoms with Crippen LogP contribution in [-0.4, -0.2) is 233 Å². The third kappa shape index (κ3) is 9.90. The maximum absolute atomic E-state index is 15.1. The molecular weight excluding hydrogens is 1020 g/mol. The van der Waals surface area contributed by atoms with Gasteiger partial charge < -0.3 is 109 Å². The summed E-state index contributed by atoms with van der Waals surface area (Å²) in [5.74, 6) is -0.520. The Kier molecular flexibility index (Phi) is 17.0. The fraction of sp³-hybridized carbons (Fsp3) is 0.944. The third-order valence-electron chi connectivity index (χ3n) is 21.4. The normalized spacial score (nSPS) is 53.4. The number of aliphatic hydroxyl groups excluding tert-OH is 14. The van der Waals surface area contributed by atoms with Gasteiger partial charge in [-0.1, -0.05) is 60.1 Å². The van der Waals surface area contributed by atoms with Crippen LogP contribution in [0.2, 0.25) is 0 Å². The Bertz CT molecular complexity index is 2110. The first-order chi connectivity index (χ1) is 36.0. The van der Waals surface area contributed by atoms with Crippen LogP contribution < -0.4 is 0 Å². The van der Waals surface area contributed by atoms with E-state index < -0.39 is 172 Å². The lowest BCUT2D eigenvalue weighted by Gasteiger charge is -2.71. The van der Waals surface area contributed by atoms with E-state index in [1.807, 2.05) is 0 Å². The molecule has 0 radical (unpaired) electrons. The monoisotopic (exact) mass is 1100 g/mol. The molecule has 8 fully saturated rings. The van der Waals surface area contributed by atoms with Crippen molar-refractivity contribution in [3.05, 3.63) is 11.6 Å². The van der Waals surface area contributed by atoms with Gasteiger partial charge in [0.05, 0.1) is 37.9 Å². The summed E-state index contributed by atoms with van der Waals surface area (Å²) in [5, 5.41) is 148. The van der Waals surface area contributed by atoms with Crippen molar-refractivity contribution in [3.63, 3.8) is 0 Å². The average Bonchev–Trinajstić information content (AvgIpc) is 3.51. The van der Waals surface area contributed by atoms with Gasteiger partial charge in [0.15, 0.2) is 18.9 Å². The first kappa shape index (κ1) is 60.0. The van der Waals surface area contributed by atoms with Crippen LogP contribution in [-0.2, 0) is 42.7 Å². The molecule has 0 aromatic heterocycles. The molecule has 4 saturated carbocycles. The number of aliphatic hydroxyl groups is 14. The van der Waals surface area contributed by atoms with Crippen molar-refractivity contribution in [1.82, 2.24) is 0 Å². The molecule has 14 N–H and O–H groups in total. The molecule has 77 heavy (non-hydrogen) atoms. The summed E-state index contributed by atoms with van der Waals surface area (Å²) in [6, 6.07) is 0. The maximum Gasteiger partial charge on any atom is 0.315 e. The molecule has 6 unspecified atom stereocenters. The lowest BCUT2D eigenvalue weighted by Crippen LogP contribution is -2.67. The Balaban J connectivity index is 0.930. The predicted molar refractivity (Wildman–Crippen MR) is 263 cm³/mol. The van der Waals surface area contributed by atoms with E-state index in [2.05, 4.69) is 54.5 Å². The van der Waals surface area contributed by atoms with Crippen molar-refractivity contribution >= 4 is 5.97 Å². The highest BCUT2D eigenvalue weighted by atomic mass is 16.8. The van der Waals surface area contributed by atoms with E-state index in [4.69, 9.17) is 37.9 Å². The number of carbonyl (C=O) groups is 1. The summed E-state index contributed by atoms with van der Waals surface area (Å²) in [6.45, 7) is 13.2. The quantitative estimate of drug-likeness (QED) is 0.0569. The molecule has 0 bridgehead atoms. The SMILES string of the molecule is CC1(C)CC[C@]2(C(=O)O[C@@H]3O[C@H](COC4O[C@H](CO)[C@@H](O)[C@H](O)[C@H]4O)[C@@H](O)[C@H](O)[C@H]3O)CC[C@]3(C)C(=CCC4[C@@]5(C)CC[C@H](OC6O[C@H](CO)[C@@H](O)[C@H](O)[C@H]6OC6O[C@@H](CO)[C@H](O)[C@@H](O)[C@@H]6O)C(C)(C)C5CC[C@]43C)C2C1. The van der Waals surface area contributed by atoms with Gasteiger partial charge in [0.1, 0.15) is 97.7 Å². The summed E-state index contributed by atoms with van der Waals surface area (Å²) >= 11 is 0. The Morgan fingerprint density at radius 2 is 1.06 bits per heavy atom. The molecular formula is C54H88O23. The molecule has 0 amide bonds. The number of carbonyl (C=O) groups excluding carboxylic acids is 1. The van der Waals surface area contributed by atoms with Crippen molar-refractivity contribution in [1.29, 1.82) is 0 Å². The van der Waals surface area contributed by atoms with Gasteiger partial charge in [-0.05, 0) is 109 Å². The van der Waals surface area contributed by atoms with Crippen LogP contribution in [0.25, 0.3) is 0 Å². The predicted octanol–water partition coefficient (Wildman–Crippen LogP) is -2.04. The fourth-order valence-corrected chi connectivity index (χ4v) is 16.4. The van der Waals surface area contributed by atoms with E-state index >= 15 is 4.79 Å². The molecule has 442 valence electrons. The number of hydrogen-bond acceptors (Lipinski definition) is 23. The largest absolute Gasteiger partial charge is 0.432 e. The van der Waals surface area contributed by atoms with E-state index in [-0.39, 0.29) is 39.4 Å². The highest BCUT2D eigenvalue weighted by Gasteiger charge is 2.70. The Morgan fingerprint density at radius 3 is 1.68 bits per heavy atom. The van der Waals surface area contributed by atoms with Crippen LogP contribution in [0.4, 0.5) is 0 Å². The maximum atomic E-state index is 15.1. The van der Waals surface area contributed by atoms with Gasteiger partial charge in [0.2, 0.25) is 6.29 Å². The number of esters is 1. The van der Waals surface area contributed by atoms with E-state index in [1.54, 1.807) is 0 Å². The van der Waals surface area contributed by atoms with Gasteiger partial charge in [0.25, 0.3) is 0 Å². The summed E-state index contributed by atoms with van der Waals surface area (Å²) in [6.07, 6.45) is -23.5. The smallest absolute Gasteiger partial charge is 0.315 e. The number of rotatable bonds is 12. The van der Waals surface area contributed by atoms with E-state index in [0.29, 0.717) is 32.1 Å². The van der Waals surface area contributed by atoms with Gasteiger partial charge >= 0.3 is 5.97 Å². The van der Waals surface area contributed by atoms with Gasteiger partial charge in [-0.2, -0.15) is 0 Å². The van der Waals surface area contributed by atoms with Crippen molar-refractivity contribution in [2.75, 3.05) is 26.4 Å². The van der Waals surface area contributed by atoms with Crippen LogP contribution in [0.3, 0.4) is 0 Å². The highest BCUT2D eigenvalue weighted by molar-refractivity contribution is 5.79. The fourth-order valence-electron chi connectivity index (χ4n) is 16.4.